The molecule has 1 rings (SSSR count). The van der Waals surface area contributed by atoms with E-state index in [0.29, 0.717) is 0 Å². The van der Waals surface area contributed by atoms with Gasteiger partial charge in [-0.15, -0.1) is 0 Å². The summed E-state index contributed by atoms with van der Waals surface area (Å²) < 4.78 is 0. The van der Waals surface area contributed by atoms with Crippen molar-refractivity contribution >= 4 is 17.7 Å². The molecular formula is C16H23N3O4. The fourth-order valence-corrected chi connectivity index (χ4v) is 1.69. The molecule has 23 heavy (non-hydrogen) atoms. The molecular weight excluding hydrogens is 298 g/mol. The van der Waals surface area contributed by atoms with E-state index in [2.05, 4.69) is 10.8 Å². The SMILES string of the molecule is CC(C)(C)ONC(=O)C[C@H](NC(=O)Cc1ccccc1)C(N)=O. The summed E-state index contributed by atoms with van der Waals surface area (Å²) in [5.74, 6) is -1.70. The van der Waals surface area contributed by atoms with Crippen molar-refractivity contribution < 1.29 is 19.2 Å². The van der Waals surface area contributed by atoms with Crippen molar-refractivity contribution in [3.63, 3.8) is 0 Å². The lowest BCUT2D eigenvalue weighted by Gasteiger charge is -2.20. The second kappa shape index (κ2) is 8.28. The minimum absolute atomic E-state index is 0.102. The van der Waals surface area contributed by atoms with Gasteiger partial charge in [-0.1, -0.05) is 30.3 Å². The number of nitrogens with one attached hydrogen (secondary N) is 2. The van der Waals surface area contributed by atoms with Gasteiger partial charge >= 0.3 is 0 Å². The Labute approximate surface area is 135 Å². The third-order valence-corrected chi connectivity index (χ3v) is 2.75. The summed E-state index contributed by atoms with van der Waals surface area (Å²) >= 11 is 0. The molecule has 0 spiro atoms. The highest BCUT2D eigenvalue weighted by molar-refractivity contribution is 5.91. The van der Waals surface area contributed by atoms with E-state index in [0.717, 1.165) is 5.56 Å². The van der Waals surface area contributed by atoms with Gasteiger partial charge < -0.3 is 11.1 Å². The molecule has 7 nitrogen and oxygen atoms in total. The molecule has 4 N–H and O–H groups in total. The van der Waals surface area contributed by atoms with Crippen molar-refractivity contribution in [3.8, 4) is 0 Å². The lowest BCUT2D eigenvalue weighted by atomic mass is 10.1. The van der Waals surface area contributed by atoms with Crippen LogP contribution in [0.5, 0.6) is 0 Å². The first kappa shape index (κ1) is 18.6. The molecule has 7 heteroatoms. The van der Waals surface area contributed by atoms with Crippen LogP contribution in [0.4, 0.5) is 0 Å². The number of primary amides is 1. The molecule has 1 aromatic rings. The molecule has 0 unspecified atom stereocenters. The summed E-state index contributed by atoms with van der Waals surface area (Å²) in [6.45, 7) is 5.29. The second-order valence-electron chi connectivity index (χ2n) is 6.13. The Morgan fingerprint density at radius 2 is 1.74 bits per heavy atom. The van der Waals surface area contributed by atoms with E-state index in [-0.39, 0.29) is 18.7 Å². The van der Waals surface area contributed by atoms with Crippen LogP contribution in [0.15, 0.2) is 30.3 Å². The van der Waals surface area contributed by atoms with Gasteiger partial charge in [0.2, 0.25) is 17.7 Å². The number of benzene rings is 1. The van der Waals surface area contributed by atoms with E-state index in [1.54, 1.807) is 32.9 Å². The molecule has 1 atom stereocenters. The highest BCUT2D eigenvalue weighted by Crippen LogP contribution is 2.04. The van der Waals surface area contributed by atoms with Crippen LogP contribution in [0.2, 0.25) is 0 Å². The van der Waals surface area contributed by atoms with Gasteiger partial charge in [0.1, 0.15) is 6.04 Å². The molecule has 0 aliphatic carbocycles. The second-order valence-corrected chi connectivity index (χ2v) is 6.13. The van der Waals surface area contributed by atoms with Crippen molar-refractivity contribution in [2.24, 2.45) is 5.73 Å². The molecule has 126 valence electrons. The lowest BCUT2D eigenvalue weighted by molar-refractivity contribution is -0.147. The molecule has 0 fully saturated rings. The highest BCUT2D eigenvalue weighted by Gasteiger charge is 2.23. The van der Waals surface area contributed by atoms with Crippen LogP contribution in [-0.2, 0) is 25.6 Å². The van der Waals surface area contributed by atoms with Gasteiger partial charge in [-0.2, -0.15) is 0 Å². The summed E-state index contributed by atoms with van der Waals surface area (Å²) in [5.41, 5.74) is 7.71. The van der Waals surface area contributed by atoms with E-state index in [4.69, 9.17) is 10.6 Å². The summed E-state index contributed by atoms with van der Waals surface area (Å²) in [4.78, 5) is 40.2. The Bertz CT molecular complexity index is 552. The quantitative estimate of drug-likeness (QED) is 0.633. The topological polar surface area (TPSA) is 111 Å². The van der Waals surface area contributed by atoms with Gasteiger partial charge in [0.05, 0.1) is 18.4 Å². The van der Waals surface area contributed by atoms with Crippen LogP contribution in [0.3, 0.4) is 0 Å². The molecule has 0 radical (unpaired) electrons. The highest BCUT2D eigenvalue weighted by atomic mass is 16.7. The summed E-state index contributed by atoms with van der Waals surface area (Å²) in [6, 6.07) is 7.96. The van der Waals surface area contributed by atoms with Crippen molar-refractivity contribution in [3.05, 3.63) is 35.9 Å². The van der Waals surface area contributed by atoms with Crippen molar-refractivity contribution in [2.45, 2.75) is 45.3 Å². The predicted octanol–water partition coefficient (Wildman–Crippen LogP) is 0.436. The molecule has 0 aliphatic rings. The van der Waals surface area contributed by atoms with Gasteiger partial charge in [-0.3, -0.25) is 19.2 Å². The molecule has 0 aromatic heterocycles. The van der Waals surface area contributed by atoms with Gasteiger partial charge in [0, 0.05) is 0 Å². The predicted molar refractivity (Wildman–Crippen MR) is 84.9 cm³/mol. The Balaban J connectivity index is 2.53. The maximum absolute atomic E-state index is 11.9. The van der Waals surface area contributed by atoms with Crippen LogP contribution in [0, 0.1) is 0 Å². The number of hydroxylamine groups is 1. The zero-order valence-corrected chi connectivity index (χ0v) is 13.6. The first-order valence-corrected chi connectivity index (χ1v) is 7.27. The molecule has 0 saturated carbocycles. The summed E-state index contributed by atoms with van der Waals surface area (Å²) in [7, 11) is 0. The summed E-state index contributed by atoms with van der Waals surface area (Å²) in [6.07, 6.45) is -0.184. The number of amides is 3. The first-order chi connectivity index (χ1) is 10.7. The molecule has 3 amide bonds. The van der Waals surface area contributed by atoms with Crippen LogP contribution >= 0.6 is 0 Å². The average molecular weight is 321 g/mol. The largest absolute Gasteiger partial charge is 0.368 e. The van der Waals surface area contributed by atoms with Crippen molar-refractivity contribution in [1.29, 1.82) is 0 Å². The Hall–Kier alpha value is -2.41. The fourth-order valence-electron chi connectivity index (χ4n) is 1.69. The molecule has 0 bridgehead atoms. The third-order valence-electron chi connectivity index (χ3n) is 2.75. The lowest BCUT2D eigenvalue weighted by Crippen LogP contribution is -2.48. The van der Waals surface area contributed by atoms with Crippen molar-refractivity contribution in [2.75, 3.05) is 0 Å². The number of hydrogen-bond donors (Lipinski definition) is 3. The number of rotatable bonds is 7. The maximum atomic E-state index is 11.9. The van der Waals surface area contributed by atoms with Crippen molar-refractivity contribution in [1.82, 2.24) is 10.8 Å². The van der Waals surface area contributed by atoms with E-state index >= 15 is 0 Å². The first-order valence-electron chi connectivity index (χ1n) is 7.27. The van der Waals surface area contributed by atoms with Gasteiger partial charge in [0.15, 0.2) is 0 Å². The minimum atomic E-state index is -1.09. The van der Waals surface area contributed by atoms with Gasteiger partial charge in [-0.05, 0) is 26.3 Å². The standard InChI is InChI=1S/C16H23N3O4/c1-16(2,3)23-19-14(21)10-12(15(17)22)18-13(20)9-11-7-5-4-6-8-11/h4-8,12H,9-10H2,1-3H3,(H2,17,22)(H,18,20)(H,19,21)/t12-/m0/s1. The number of nitrogens with two attached hydrogens (primary N) is 1. The molecule has 0 saturated heterocycles. The van der Waals surface area contributed by atoms with Crippen LogP contribution < -0.4 is 16.5 Å². The summed E-state index contributed by atoms with van der Waals surface area (Å²) in [5, 5.41) is 2.46. The maximum Gasteiger partial charge on any atom is 0.246 e. The zero-order valence-electron chi connectivity index (χ0n) is 13.6. The zero-order chi connectivity index (χ0) is 17.5. The smallest absolute Gasteiger partial charge is 0.246 e. The Morgan fingerprint density at radius 1 is 1.13 bits per heavy atom. The Kier molecular flexibility index (Phi) is 6.71. The van der Waals surface area contributed by atoms with E-state index < -0.39 is 23.5 Å². The monoisotopic (exact) mass is 321 g/mol. The van der Waals surface area contributed by atoms with E-state index in [1.807, 2.05) is 18.2 Å². The van der Waals surface area contributed by atoms with E-state index in [9.17, 15) is 14.4 Å². The third kappa shape index (κ3) is 7.96. The van der Waals surface area contributed by atoms with Crippen LogP contribution in [0.1, 0.15) is 32.8 Å². The average Bonchev–Trinajstić information content (AvgIpc) is 2.44. The van der Waals surface area contributed by atoms with E-state index in [1.165, 1.54) is 0 Å². The molecule has 0 heterocycles. The van der Waals surface area contributed by atoms with Gasteiger partial charge in [0.25, 0.3) is 0 Å². The fraction of sp³-hybridized carbons (Fsp3) is 0.438. The number of hydrogen-bond acceptors (Lipinski definition) is 4. The minimum Gasteiger partial charge on any atom is -0.368 e. The van der Waals surface area contributed by atoms with Crippen LogP contribution in [-0.4, -0.2) is 29.4 Å². The molecule has 0 aliphatic heterocycles. The van der Waals surface area contributed by atoms with Gasteiger partial charge in [-0.25, -0.2) is 5.48 Å². The number of carbonyl (C=O) groups is 3. The van der Waals surface area contributed by atoms with Crippen LogP contribution in [0.25, 0.3) is 0 Å². The molecule has 1 aromatic carbocycles. The Morgan fingerprint density at radius 3 is 2.26 bits per heavy atom. The normalized spacial score (nSPS) is 12.3. The number of carbonyl (C=O) groups excluding carboxylic acids is 3.